The molecule has 0 saturated heterocycles. The molecule has 94 valence electrons. The van der Waals surface area contributed by atoms with Crippen molar-refractivity contribution in [3.8, 4) is 0 Å². The van der Waals surface area contributed by atoms with E-state index < -0.39 is 0 Å². The number of hydrogen-bond donors (Lipinski definition) is 3. The van der Waals surface area contributed by atoms with Crippen LogP contribution in [0.5, 0.6) is 0 Å². The molecule has 3 nitrogen and oxygen atoms in total. The summed E-state index contributed by atoms with van der Waals surface area (Å²) in [7, 11) is 0. The Balaban J connectivity index is 1.89. The van der Waals surface area contributed by atoms with Crippen molar-refractivity contribution < 1.29 is 5.11 Å². The molecule has 2 rings (SSSR count). The average Bonchev–Trinajstić information content (AvgIpc) is 2.31. The van der Waals surface area contributed by atoms with E-state index in [9.17, 15) is 5.11 Å². The van der Waals surface area contributed by atoms with E-state index >= 15 is 0 Å². The highest BCUT2D eigenvalue weighted by Gasteiger charge is 2.19. The number of nitrogens with two attached hydrogens (primary N) is 1. The Morgan fingerprint density at radius 2 is 2.00 bits per heavy atom. The summed E-state index contributed by atoms with van der Waals surface area (Å²) in [6.07, 6.45) is 4.03. The van der Waals surface area contributed by atoms with Gasteiger partial charge in [0.25, 0.3) is 0 Å². The summed E-state index contributed by atoms with van der Waals surface area (Å²) in [4.78, 5) is 0. The number of aliphatic hydroxyl groups is 1. The van der Waals surface area contributed by atoms with E-state index in [4.69, 9.17) is 5.73 Å². The van der Waals surface area contributed by atoms with Crippen molar-refractivity contribution in [3.05, 3.63) is 23.8 Å². The number of nitrogen functional groups attached to an aromatic ring is 1. The second-order valence-corrected chi connectivity index (χ2v) is 5.09. The van der Waals surface area contributed by atoms with Crippen molar-refractivity contribution in [1.82, 2.24) is 0 Å². The number of aliphatic hydroxyl groups excluding tert-OH is 1. The first-order valence-electron chi connectivity index (χ1n) is 6.44. The second kappa shape index (κ2) is 5.41. The normalized spacial score (nSPS) is 24.6. The van der Waals surface area contributed by atoms with Gasteiger partial charge < -0.3 is 16.2 Å². The van der Waals surface area contributed by atoms with Crippen LogP contribution >= 0.6 is 0 Å². The number of aryl methyl sites for hydroxylation is 1. The zero-order chi connectivity index (χ0) is 12.3. The van der Waals surface area contributed by atoms with Crippen LogP contribution in [0, 0.1) is 12.8 Å². The molecular formula is C14H22N2O. The molecule has 17 heavy (non-hydrogen) atoms. The van der Waals surface area contributed by atoms with Crippen LogP contribution in [0.3, 0.4) is 0 Å². The van der Waals surface area contributed by atoms with Gasteiger partial charge in [-0.3, -0.25) is 0 Å². The van der Waals surface area contributed by atoms with E-state index in [2.05, 4.69) is 18.3 Å². The van der Waals surface area contributed by atoms with Gasteiger partial charge in [0.2, 0.25) is 0 Å². The summed E-state index contributed by atoms with van der Waals surface area (Å²) in [6, 6.07) is 5.98. The Morgan fingerprint density at radius 3 is 2.65 bits per heavy atom. The SMILES string of the molecule is Cc1cccc(N)c1NCC1CCC(O)CC1. The van der Waals surface area contributed by atoms with Crippen molar-refractivity contribution in [2.24, 2.45) is 5.92 Å². The first kappa shape index (κ1) is 12.2. The van der Waals surface area contributed by atoms with Gasteiger partial charge in [-0.1, -0.05) is 12.1 Å². The Morgan fingerprint density at radius 1 is 1.29 bits per heavy atom. The summed E-state index contributed by atoms with van der Waals surface area (Å²) < 4.78 is 0. The van der Waals surface area contributed by atoms with E-state index in [1.54, 1.807) is 0 Å². The molecule has 0 radical (unpaired) electrons. The van der Waals surface area contributed by atoms with Crippen LogP contribution in [0.25, 0.3) is 0 Å². The third-order valence-corrected chi connectivity index (χ3v) is 3.69. The highest BCUT2D eigenvalue weighted by molar-refractivity contribution is 5.69. The average molecular weight is 234 g/mol. The molecule has 0 atom stereocenters. The predicted octanol–water partition coefficient (Wildman–Crippen LogP) is 2.54. The van der Waals surface area contributed by atoms with E-state index in [0.717, 1.165) is 43.6 Å². The molecule has 1 aromatic carbocycles. The Bertz CT molecular complexity index is 350. The Hall–Kier alpha value is -1.22. The van der Waals surface area contributed by atoms with Crippen LogP contribution < -0.4 is 11.1 Å². The van der Waals surface area contributed by atoms with Crippen molar-refractivity contribution in [2.45, 2.75) is 38.7 Å². The van der Waals surface area contributed by atoms with Crippen LogP contribution in [0.1, 0.15) is 31.2 Å². The summed E-state index contributed by atoms with van der Waals surface area (Å²) >= 11 is 0. The number of benzene rings is 1. The van der Waals surface area contributed by atoms with E-state index in [-0.39, 0.29) is 6.10 Å². The molecular weight excluding hydrogens is 212 g/mol. The molecule has 1 saturated carbocycles. The summed E-state index contributed by atoms with van der Waals surface area (Å²) in [6.45, 7) is 3.03. The van der Waals surface area contributed by atoms with Crippen LogP contribution in [0.15, 0.2) is 18.2 Å². The maximum Gasteiger partial charge on any atom is 0.0603 e. The lowest BCUT2D eigenvalue weighted by atomic mass is 9.87. The topological polar surface area (TPSA) is 58.3 Å². The third-order valence-electron chi connectivity index (χ3n) is 3.69. The molecule has 0 unspecified atom stereocenters. The number of hydrogen-bond acceptors (Lipinski definition) is 3. The smallest absolute Gasteiger partial charge is 0.0603 e. The van der Waals surface area contributed by atoms with Gasteiger partial charge in [-0.2, -0.15) is 0 Å². The maximum absolute atomic E-state index is 9.46. The highest BCUT2D eigenvalue weighted by Crippen LogP contribution is 2.27. The number of rotatable bonds is 3. The van der Waals surface area contributed by atoms with Gasteiger partial charge in [0, 0.05) is 6.54 Å². The van der Waals surface area contributed by atoms with Gasteiger partial charge in [-0.15, -0.1) is 0 Å². The standard InChI is InChI=1S/C14H22N2O/c1-10-3-2-4-13(15)14(10)16-9-11-5-7-12(17)8-6-11/h2-4,11-12,16-17H,5-9,15H2,1H3. The molecule has 3 heteroatoms. The van der Waals surface area contributed by atoms with Crippen molar-refractivity contribution in [3.63, 3.8) is 0 Å². The van der Waals surface area contributed by atoms with Gasteiger partial charge in [-0.05, 0) is 50.2 Å². The fourth-order valence-electron chi connectivity index (χ4n) is 2.53. The van der Waals surface area contributed by atoms with E-state index in [1.165, 1.54) is 5.56 Å². The fraction of sp³-hybridized carbons (Fsp3) is 0.571. The second-order valence-electron chi connectivity index (χ2n) is 5.09. The predicted molar refractivity (Wildman–Crippen MR) is 72.0 cm³/mol. The van der Waals surface area contributed by atoms with Crippen molar-refractivity contribution in [1.29, 1.82) is 0 Å². The molecule has 0 aromatic heterocycles. The number of nitrogens with one attached hydrogen (secondary N) is 1. The number of anilines is 2. The van der Waals surface area contributed by atoms with E-state index in [0.29, 0.717) is 5.92 Å². The monoisotopic (exact) mass is 234 g/mol. The third kappa shape index (κ3) is 3.13. The molecule has 1 aliphatic carbocycles. The molecule has 0 bridgehead atoms. The lowest BCUT2D eigenvalue weighted by molar-refractivity contribution is 0.111. The molecule has 0 aliphatic heterocycles. The highest BCUT2D eigenvalue weighted by atomic mass is 16.3. The van der Waals surface area contributed by atoms with Crippen LogP contribution in [0.4, 0.5) is 11.4 Å². The minimum absolute atomic E-state index is 0.0743. The van der Waals surface area contributed by atoms with E-state index in [1.807, 2.05) is 12.1 Å². The summed E-state index contributed by atoms with van der Waals surface area (Å²) in [5.74, 6) is 0.664. The molecule has 1 aromatic rings. The van der Waals surface area contributed by atoms with Crippen LogP contribution in [-0.2, 0) is 0 Å². The Kier molecular flexibility index (Phi) is 3.89. The molecule has 4 N–H and O–H groups in total. The first-order chi connectivity index (χ1) is 8.16. The molecule has 0 spiro atoms. The quantitative estimate of drug-likeness (QED) is 0.704. The molecule has 0 amide bonds. The van der Waals surface area contributed by atoms with Crippen molar-refractivity contribution >= 4 is 11.4 Å². The lowest BCUT2D eigenvalue weighted by Crippen LogP contribution is -2.24. The fourth-order valence-corrected chi connectivity index (χ4v) is 2.53. The first-order valence-corrected chi connectivity index (χ1v) is 6.44. The van der Waals surface area contributed by atoms with Gasteiger partial charge in [0.1, 0.15) is 0 Å². The van der Waals surface area contributed by atoms with Crippen LogP contribution in [0.2, 0.25) is 0 Å². The maximum atomic E-state index is 9.46. The zero-order valence-corrected chi connectivity index (χ0v) is 10.4. The largest absolute Gasteiger partial charge is 0.397 e. The van der Waals surface area contributed by atoms with Crippen molar-refractivity contribution in [2.75, 3.05) is 17.6 Å². The molecule has 1 aliphatic rings. The summed E-state index contributed by atoms with van der Waals surface area (Å²) in [5, 5.41) is 12.9. The lowest BCUT2D eigenvalue weighted by Gasteiger charge is -2.26. The zero-order valence-electron chi connectivity index (χ0n) is 10.4. The van der Waals surface area contributed by atoms with Crippen LogP contribution in [-0.4, -0.2) is 17.8 Å². The minimum Gasteiger partial charge on any atom is -0.397 e. The summed E-state index contributed by atoms with van der Waals surface area (Å²) in [5.41, 5.74) is 9.04. The van der Waals surface area contributed by atoms with Gasteiger partial charge >= 0.3 is 0 Å². The van der Waals surface area contributed by atoms with Gasteiger partial charge in [0.15, 0.2) is 0 Å². The van der Waals surface area contributed by atoms with Gasteiger partial charge in [0.05, 0.1) is 17.5 Å². The minimum atomic E-state index is -0.0743. The number of para-hydroxylation sites is 1. The molecule has 1 fully saturated rings. The Labute approximate surface area is 103 Å². The molecule has 0 heterocycles. The van der Waals surface area contributed by atoms with Gasteiger partial charge in [-0.25, -0.2) is 0 Å².